The fraction of sp³-hybridized carbons (Fsp3) is 0.158. The van der Waals surface area contributed by atoms with Gasteiger partial charge in [0.15, 0.2) is 0 Å². The molecule has 1 atom stereocenters. The fourth-order valence-electron chi connectivity index (χ4n) is 2.57. The van der Waals surface area contributed by atoms with Crippen molar-refractivity contribution in [2.45, 2.75) is 12.6 Å². The number of H-pyrrole nitrogens is 1. The van der Waals surface area contributed by atoms with Gasteiger partial charge in [-0.2, -0.15) is 5.10 Å². The maximum atomic E-state index is 13.7. The summed E-state index contributed by atoms with van der Waals surface area (Å²) in [6.07, 6.45) is 1.68. The first kappa shape index (κ1) is 19.1. The van der Waals surface area contributed by atoms with Crippen LogP contribution in [0.5, 0.6) is 0 Å². The summed E-state index contributed by atoms with van der Waals surface area (Å²) >= 11 is 3.08. The third-order valence-corrected chi connectivity index (χ3v) is 4.70. The molecule has 3 aromatic rings. The van der Waals surface area contributed by atoms with Gasteiger partial charge in [-0.05, 0) is 50.8 Å². The number of aliphatic hydroxyl groups is 1. The number of nitrogens with one attached hydrogen (secondary N) is 3. The first-order valence-electron chi connectivity index (χ1n) is 8.25. The minimum atomic E-state index is -0.699. The lowest BCUT2D eigenvalue weighted by Crippen LogP contribution is -2.38. The number of carbonyl (C=O) groups is 1. The van der Waals surface area contributed by atoms with Gasteiger partial charge in [-0.15, -0.1) is 0 Å². The van der Waals surface area contributed by atoms with Crippen LogP contribution in [0.2, 0.25) is 0 Å². The summed E-state index contributed by atoms with van der Waals surface area (Å²) in [6, 6.07) is 12.9. The molecule has 0 aliphatic heterocycles. The summed E-state index contributed by atoms with van der Waals surface area (Å²) in [5, 5.41) is 21.7. The van der Waals surface area contributed by atoms with Crippen LogP contribution in [0.15, 0.2) is 59.2 Å². The van der Waals surface area contributed by atoms with Crippen LogP contribution < -0.4 is 10.6 Å². The number of urea groups is 1. The molecule has 140 valence electrons. The number of carbonyl (C=O) groups excluding carboxylic acids is 1. The van der Waals surface area contributed by atoms with E-state index < -0.39 is 17.9 Å². The second-order valence-corrected chi connectivity index (χ2v) is 6.76. The van der Waals surface area contributed by atoms with Crippen molar-refractivity contribution in [3.63, 3.8) is 0 Å². The van der Waals surface area contributed by atoms with Gasteiger partial charge >= 0.3 is 6.03 Å². The van der Waals surface area contributed by atoms with Crippen molar-refractivity contribution in [1.29, 1.82) is 0 Å². The maximum absolute atomic E-state index is 13.7. The normalized spacial score (nSPS) is 11.8. The summed E-state index contributed by atoms with van der Waals surface area (Å²) in [6.45, 7) is -0.0185. The molecule has 6 nitrogen and oxygen atoms in total. The largest absolute Gasteiger partial charge is 0.394 e. The van der Waals surface area contributed by atoms with E-state index in [1.807, 2.05) is 30.3 Å². The van der Waals surface area contributed by atoms with E-state index in [0.717, 1.165) is 16.8 Å². The Labute approximate surface area is 163 Å². The molecule has 0 aliphatic rings. The Bertz CT molecular complexity index is 901. The SMILES string of the molecule is O=C(NCc1ccc(-c2ccn[nH]2)cc1)NC(CO)c1ccc(Br)c(F)c1. The molecule has 2 amide bonds. The number of aliphatic hydroxyl groups excluding tert-OH is 1. The molecular weight excluding hydrogens is 415 g/mol. The minimum absolute atomic E-state index is 0.321. The van der Waals surface area contributed by atoms with Crippen LogP contribution in [0, 0.1) is 5.82 Å². The van der Waals surface area contributed by atoms with Crippen molar-refractivity contribution in [1.82, 2.24) is 20.8 Å². The lowest BCUT2D eigenvalue weighted by atomic mass is 10.1. The fourth-order valence-corrected chi connectivity index (χ4v) is 2.82. The molecule has 0 fully saturated rings. The highest BCUT2D eigenvalue weighted by Gasteiger charge is 2.15. The van der Waals surface area contributed by atoms with E-state index >= 15 is 0 Å². The number of halogens is 2. The molecule has 8 heteroatoms. The summed E-state index contributed by atoms with van der Waals surface area (Å²) in [4.78, 5) is 12.1. The van der Waals surface area contributed by atoms with Gasteiger partial charge in [0.2, 0.25) is 0 Å². The number of nitrogens with zero attached hydrogens (tertiary/aromatic N) is 1. The summed E-state index contributed by atoms with van der Waals surface area (Å²) in [5.74, 6) is -0.453. The van der Waals surface area contributed by atoms with E-state index in [-0.39, 0.29) is 6.61 Å². The molecule has 2 aromatic carbocycles. The van der Waals surface area contributed by atoms with Gasteiger partial charge in [-0.25, -0.2) is 9.18 Å². The average Bonchev–Trinajstić information content (AvgIpc) is 3.22. The van der Waals surface area contributed by atoms with Crippen molar-refractivity contribution in [2.75, 3.05) is 6.61 Å². The standard InChI is InChI=1S/C19H18BrFN4O2/c20-15-6-5-14(9-16(15)21)18(11-26)24-19(27)22-10-12-1-3-13(4-2-12)17-7-8-23-25-17/h1-9,18,26H,10-11H2,(H,23,25)(H2,22,24,27). The van der Waals surface area contributed by atoms with Crippen LogP contribution in [0.25, 0.3) is 11.3 Å². The number of hydrogen-bond acceptors (Lipinski definition) is 3. The Morgan fingerprint density at radius 2 is 2.00 bits per heavy atom. The molecule has 27 heavy (non-hydrogen) atoms. The Morgan fingerprint density at radius 3 is 2.63 bits per heavy atom. The summed E-state index contributed by atoms with van der Waals surface area (Å²) in [7, 11) is 0. The van der Waals surface area contributed by atoms with Crippen molar-refractivity contribution >= 4 is 22.0 Å². The van der Waals surface area contributed by atoms with E-state index in [4.69, 9.17) is 0 Å². The highest BCUT2D eigenvalue weighted by molar-refractivity contribution is 9.10. The van der Waals surface area contributed by atoms with Crippen LogP contribution in [0.4, 0.5) is 9.18 Å². The highest BCUT2D eigenvalue weighted by atomic mass is 79.9. The molecule has 1 unspecified atom stereocenters. The van der Waals surface area contributed by atoms with Crippen molar-refractivity contribution in [2.24, 2.45) is 0 Å². The third kappa shape index (κ3) is 4.93. The zero-order chi connectivity index (χ0) is 19.2. The lowest BCUT2D eigenvalue weighted by molar-refractivity contribution is 0.216. The molecule has 0 spiro atoms. The highest BCUT2D eigenvalue weighted by Crippen LogP contribution is 2.21. The van der Waals surface area contributed by atoms with E-state index in [2.05, 4.69) is 36.8 Å². The Kier molecular flexibility index (Phi) is 6.20. The number of rotatable bonds is 6. The number of hydrogen-bond donors (Lipinski definition) is 4. The van der Waals surface area contributed by atoms with E-state index in [1.54, 1.807) is 12.3 Å². The molecular formula is C19H18BrFN4O2. The van der Waals surface area contributed by atoms with Gasteiger partial charge in [-0.3, -0.25) is 5.10 Å². The first-order chi connectivity index (χ1) is 13.1. The molecule has 0 saturated carbocycles. The van der Waals surface area contributed by atoms with Crippen LogP contribution in [-0.4, -0.2) is 27.9 Å². The van der Waals surface area contributed by atoms with Gasteiger partial charge in [0.05, 0.1) is 22.8 Å². The quantitative estimate of drug-likeness (QED) is 0.480. The van der Waals surface area contributed by atoms with Crippen molar-refractivity contribution in [3.05, 3.63) is 76.1 Å². The van der Waals surface area contributed by atoms with Crippen LogP contribution in [0.3, 0.4) is 0 Å². The smallest absolute Gasteiger partial charge is 0.315 e. The Hall–Kier alpha value is -2.71. The Balaban J connectivity index is 1.56. The topological polar surface area (TPSA) is 90.0 Å². The monoisotopic (exact) mass is 432 g/mol. The molecule has 1 heterocycles. The molecule has 0 bridgehead atoms. The third-order valence-electron chi connectivity index (χ3n) is 4.05. The second kappa shape index (κ2) is 8.79. The van der Waals surface area contributed by atoms with Crippen molar-refractivity contribution < 1.29 is 14.3 Å². The van der Waals surface area contributed by atoms with Gasteiger partial charge in [-0.1, -0.05) is 30.3 Å². The first-order valence-corrected chi connectivity index (χ1v) is 9.05. The lowest BCUT2D eigenvalue weighted by Gasteiger charge is -2.17. The number of benzene rings is 2. The predicted octanol–water partition coefficient (Wildman–Crippen LogP) is 3.51. The van der Waals surface area contributed by atoms with Crippen LogP contribution >= 0.6 is 15.9 Å². The van der Waals surface area contributed by atoms with Gasteiger partial charge in [0, 0.05) is 12.7 Å². The molecule has 0 radical (unpaired) electrons. The molecule has 0 saturated heterocycles. The number of aromatic amines is 1. The van der Waals surface area contributed by atoms with Crippen LogP contribution in [-0.2, 0) is 6.54 Å². The van der Waals surface area contributed by atoms with Gasteiger partial charge in [0.1, 0.15) is 5.82 Å². The minimum Gasteiger partial charge on any atom is -0.394 e. The molecule has 4 N–H and O–H groups in total. The number of aromatic nitrogens is 2. The second-order valence-electron chi connectivity index (χ2n) is 5.90. The van der Waals surface area contributed by atoms with E-state index in [1.165, 1.54) is 12.1 Å². The van der Waals surface area contributed by atoms with Gasteiger partial charge in [0.25, 0.3) is 0 Å². The van der Waals surface area contributed by atoms with Gasteiger partial charge < -0.3 is 15.7 Å². The zero-order valence-electron chi connectivity index (χ0n) is 14.2. The summed E-state index contributed by atoms with van der Waals surface area (Å²) in [5.41, 5.74) is 3.32. The Morgan fingerprint density at radius 1 is 1.22 bits per heavy atom. The molecule has 1 aromatic heterocycles. The average molecular weight is 433 g/mol. The summed E-state index contributed by atoms with van der Waals surface area (Å²) < 4.78 is 14.0. The van der Waals surface area contributed by atoms with Crippen molar-refractivity contribution in [3.8, 4) is 11.3 Å². The maximum Gasteiger partial charge on any atom is 0.315 e. The molecule has 0 aliphatic carbocycles. The predicted molar refractivity (Wildman–Crippen MR) is 103 cm³/mol. The molecule has 3 rings (SSSR count). The van der Waals surface area contributed by atoms with E-state index in [0.29, 0.717) is 16.6 Å². The van der Waals surface area contributed by atoms with E-state index in [9.17, 15) is 14.3 Å². The number of amides is 2. The van der Waals surface area contributed by atoms with Crippen LogP contribution in [0.1, 0.15) is 17.2 Å². The zero-order valence-corrected chi connectivity index (χ0v) is 15.8.